The predicted octanol–water partition coefficient (Wildman–Crippen LogP) is 5.87. The molecule has 2 heteroatoms. The molecule has 3 aromatic rings. The molecule has 0 amide bonds. The molecule has 5 atom stereocenters. The lowest BCUT2D eigenvalue weighted by atomic mass is 9.58. The van der Waals surface area contributed by atoms with Gasteiger partial charge in [0.2, 0.25) is 0 Å². The fourth-order valence-corrected chi connectivity index (χ4v) is 6.04. The number of hydrogen-bond donors (Lipinski definition) is 0. The number of piperidine rings is 3. The van der Waals surface area contributed by atoms with Crippen LogP contribution in [-0.4, -0.2) is 23.5 Å². The molecule has 4 unspecified atom stereocenters. The van der Waals surface area contributed by atoms with E-state index in [4.69, 9.17) is 4.42 Å². The standard InChI is InChI=1S/C23H27NO/c1-14-9-10-18-17-7-5-6-8-19(17)25-22(18)20(14)21-16(3)24-12-11-23(21,4)13-15(24)2/h5-10,15-16,21H,11-13H2,1-4H3/t15?,16-,21?,23?/m1/s1. The molecule has 0 saturated carbocycles. The third-order valence-corrected chi connectivity index (χ3v) is 7.14. The van der Waals surface area contributed by atoms with Gasteiger partial charge >= 0.3 is 0 Å². The summed E-state index contributed by atoms with van der Waals surface area (Å²) in [5, 5.41) is 2.52. The van der Waals surface area contributed by atoms with Gasteiger partial charge in [-0.25, -0.2) is 0 Å². The van der Waals surface area contributed by atoms with Crippen molar-refractivity contribution in [3.8, 4) is 0 Å². The highest BCUT2D eigenvalue weighted by Crippen LogP contribution is 2.56. The number of furan rings is 1. The van der Waals surface area contributed by atoms with Crippen molar-refractivity contribution in [3.63, 3.8) is 0 Å². The first-order chi connectivity index (χ1) is 12.0. The van der Waals surface area contributed by atoms with Crippen LogP contribution in [0.15, 0.2) is 40.8 Å². The van der Waals surface area contributed by atoms with Crippen LogP contribution in [0, 0.1) is 12.3 Å². The molecule has 4 heterocycles. The van der Waals surface area contributed by atoms with Gasteiger partial charge in [-0.3, -0.25) is 4.90 Å². The van der Waals surface area contributed by atoms with Crippen molar-refractivity contribution in [3.05, 3.63) is 47.5 Å². The first-order valence-corrected chi connectivity index (χ1v) is 9.66. The van der Waals surface area contributed by atoms with Crippen LogP contribution in [-0.2, 0) is 0 Å². The molecule has 3 saturated heterocycles. The molecule has 0 aliphatic carbocycles. The van der Waals surface area contributed by atoms with Crippen LogP contribution < -0.4 is 0 Å². The molecule has 130 valence electrons. The second-order valence-electron chi connectivity index (χ2n) is 8.68. The smallest absolute Gasteiger partial charge is 0.139 e. The van der Waals surface area contributed by atoms with Gasteiger partial charge in [0.1, 0.15) is 11.2 Å². The van der Waals surface area contributed by atoms with E-state index < -0.39 is 0 Å². The number of hydrogen-bond acceptors (Lipinski definition) is 2. The minimum absolute atomic E-state index is 0.367. The average molecular weight is 333 g/mol. The van der Waals surface area contributed by atoms with Crippen molar-refractivity contribution in [2.75, 3.05) is 6.54 Å². The summed E-state index contributed by atoms with van der Waals surface area (Å²) in [5.74, 6) is 0.543. The molecule has 2 nitrogen and oxygen atoms in total. The maximum Gasteiger partial charge on any atom is 0.139 e. The zero-order valence-corrected chi connectivity index (χ0v) is 15.7. The first kappa shape index (κ1) is 15.5. The quantitative estimate of drug-likeness (QED) is 0.553. The SMILES string of the molecule is Cc1ccc2c(oc3ccccc32)c1C1[C@@H](C)N2CCC1(C)CC2C. The molecular formula is C23H27NO. The van der Waals surface area contributed by atoms with Crippen LogP contribution >= 0.6 is 0 Å². The lowest BCUT2D eigenvalue weighted by Crippen LogP contribution is -2.60. The fourth-order valence-electron chi connectivity index (χ4n) is 6.04. The van der Waals surface area contributed by atoms with E-state index in [2.05, 4.69) is 69.0 Å². The van der Waals surface area contributed by atoms with Crippen LogP contribution in [0.25, 0.3) is 21.9 Å². The summed E-state index contributed by atoms with van der Waals surface area (Å²) in [4.78, 5) is 2.72. The summed E-state index contributed by atoms with van der Waals surface area (Å²) in [6.07, 6.45) is 2.58. The van der Waals surface area contributed by atoms with Gasteiger partial charge in [-0.1, -0.05) is 37.3 Å². The van der Waals surface area contributed by atoms with E-state index in [-0.39, 0.29) is 0 Å². The second-order valence-corrected chi connectivity index (χ2v) is 8.68. The van der Waals surface area contributed by atoms with Gasteiger partial charge in [-0.15, -0.1) is 0 Å². The largest absolute Gasteiger partial charge is 0.456 e. The highest BCUT2D eigenvalue weighted by Gasteiger charge is 2.52. The Hall–Kier alpha value is -1.80. The number of rotatable bonds is 1. The molecule has 2 aromatic carbocycles. The summed E-state index contributed by atoms with van der Waals surface area (Å²) >= 11 is 0. The van der Waals surface area contributed by atoms with Gasteiger partial charge in [0.25, 0.3) is 0 Å². The van der Waals surface area contributed by atoms with E-state index in [1.54, 1.807) is 0 Å². The monoisotopic (exact) mass is 333 g/mol. The molecule has 3 fully saturated rings. The van der Waals surface area contributed by atoms with Crippen molar-refractivity contribution in [1.82, 2.24) is 4.90 Å². The van der Waals surface area contributed by atoms with E-state index in [0.29, 0.717) is 23.4 Å². The normalized spacial score (nSPS) is 34.9. The number of benzene rings is 2. The van der Waals surface area contributed by atoms with Crippen LogP contribution in [0.4, 0.5) is 0 Å². The Bertz CT molecular complexity index is 971. The Morgan fingerprint density at radius 2 is 1.88 bits per heavy atom. The molecule has 0 radical (unpaired) electrons. The lowest BCUT2D eigenvalue weighted by Gasteiger charge is -2.59. The van der Waals surface area contributed by atoms with Crippen molar-refractivity contribution in [1.29, 1.82) is 0 Å². The molecule has 25 heavy (non-hydrogen) atoms. The van der Waals surface area contributed by atoms with Crippen LogP contribution in [0.3, 0.4) is 0 Å². The third-order valence-electron chi connectivity index (χ3n) is 7.14. The molecule has 2 bridgehead atoms. The van der Waals surface area contributed by atoms with Crippen LogP contribution in [0.2, 0.25) is 0 Å². The number of fused-ring (bicyclic) bond motifs is 6. The Kier molecular flexibility index (Phi) is 3.16. The topological polar surface area (TPSA) is 16.4 Å². The van der Waals surface area contributed by atoms with Gasteiger partial charge in [0, 0.05) is 34.3 Å². The Morgan fingerprint density at radius 3 is 2.64 bits per heavy atom. The van der Waals surface area contributed by atoms with Crippen LogP contribution in [0.5, 0.6) is 0 Å². The fraction of sp³-hybridized carbons (Fsp3) is 0.478. The third kappa shape index (κ3) is 2.01. The van der Waals surface area contributed by atoms with Crippen molar-refractivity contribution < 1.29 is 4.42 Å². The molecule has 0 spiro atoms. The predicted molar refractivity (Wildman–Crippen MR) is 104 cm³/mol. The van der Waals surface area contributed by atoms with Gasteiger partial charge < -0.3 is 4.42 Å². The molecule has 1 aromatic heterocycles. The Labute approximate surface area is 149 Å². The molecule has 0 N–H and O–H groups in total. The van der Waals surface area contributed by atoms with E-state index in [1.807, 2.05) is 0 Å². The van der Waals surface area contributed by atoms with Gasteiger partial charge in [0.15, 0.2) is 0 Å². The number of aryl methyl sites for hydroxylation is 1. The summed E-state index contributed by atoms with van der Waals surface area (Å²) in [5.41, 5.74) is 5.34. The summed E-state index contributed by atoms with van der Waals surface area (Å²) in [6, 6.07) is 14.3. The van der Waals surface area contributed by atoms with Gasteiger partial charge in [0.05, 0.1) is 0 Å². The summed E-state index contributed by atoms with van der Waals surface area (Å²) in [7, 11) is 0. The summed E-state index contributed by atoms with van der Waals surface area (Å²) in [6.45, 7) is 10.9. The minimum Gasteiger partial charge on any atom is -0.456 e. The molecule has 3 aliphatic rings. The van der Waals surface area contributed by atoms with Crippen LogP contribution in [0.1, 0.15) is 50.7 Å². The molecular weight excluding hydrogens is 306 g/mol. The van der Waals surface area contributed by atoms with Crippen molar-refractivity contribution in [2.24, 2.45) is 5.41 Å². The maximum absolute atomic E-state index is 6.43. The first-order valence-electron chi connectivity index (χ1n) is 9.66. The zero-order valence-electron chi connectivity index (χ0n) is 15.7. The summed E-state index contributed by atoms with van der Waals surface area (Å²) < 4.78 is 6.43. The number of para-hydroxylation sites is 1. The van der Waals surface area contributed by atoms with Gasteiger partial charge in [-0.05, 0) is 57.2 Å². The Morgan fingerprint density at radius 1 is 1.08 bits per heavy atom. The van der Waals surface area contributed by atoms with Crippen molar-refractivity contribution >= 4 is 21.9 Å². The molecule has 6 rings (SSSR count). The van der Waals surface area contributed by atoms with E-state index in [0.717, 1.165) is 11.2 Å². The van der Waals surface area contributed by atoms with Crippen molar-refractivity contribution in [2.45, 2.75) is 58.5 Å². The lowest BCUT2D eigenvalue weighted by molar-refractivity contribution is -0.0622. The molecule has 3 aliphatic heterocycles. The van der Waals surface area contributed by atoms with E-state index in [1.165, 1.54) is 41.3 Å². The average Bonchev–Trinajstić information content (AvgIpc) is 2.94. The van der Waals surface area contributed by atoms with E-state index in [9.17, 15) is 0 Å². The van der Waals surface area contributed by atoms with Gasteiger partial charge in [-0.2, -0.15) is 0 Å². The van der Waals surface area contributed by atoms with E-state index >= 15 is 0 Å². The zero-order chi connectivity index (χ0) is 17.3. The highest BCUT2D eigenvalue weighted by atomic mass is 16.3. The minimum atomic E-state index is 0.367. The second kappa shape index (κ2) is 5.11. The number of nitrogens with zero attached hydrogens (tertiary/aromatic N) is 1. The Balaban J connectivity index is 1.79. The maximum atomic E-state index is 6.43. The highest BCUT2D eigenvalue weighted by molar-refractivity contribution is 6.06.